The Morgan fingerprint density at radius 2 is 1.81 bits per heavy atom. The number of hydrogen-bond acceptors (Lipinski definition) is 6. The van der Waals surface area contributed by atoms with E-state index >= 15 is 0 Å². The lowest BCUT2D eigenvalue weighted by Gasteiger charge is -2.37. The second-order valence-corrected chi connectivity index (χ2v) is 8.14. The third kappa shape index (κ3) is 4.46. The van der Waals surface area contributed by atoms with Gasteiger partial charge in [-0.2, -0.15) is 0 Å². The Morgan fingerprint density at radius 3 is 2.47 bits per heavy atom. The van der Waals surface area contributed by atoms with Crippen LogP contribution in [0.1, 0.15) is 11.4 Å². The van der Waals surface area contributed by atoms with Crippen LogP contribution in [-0.2, 0) is 11.3 Å². The monoisotopic (exact) mass is 446 g/mol. The Labute approximate surface area is 185 Å². The zero-order chi connectivity index (χ0) is 22.8. The van der Waals surface area contributed by atoms with Gasteiger partial charge in [0.2, 0.25) is 0 Å². The number of hydrogen-bond donors (Lipinski definition) is 1. The molecular weight excluding hydrogens is 418 g/mol. The molecule has 1 aliphatic heterocycles. The number of fused-ring (bicyclic) bond motifs is 1. The minimum Gasteiger partial charge on any atom is -0.383 e. The number of anilines is 2. The van der Waals surface area contributed by atoms with Crippen molar-refractivity contribution < 1.29 is 13.5 Å². The third-order valence-corrected chi connectivity index (χ3v) is 5.85. The highest BCUT2D eigenvalue weighted by Gasteiger charge is 2.24. The smallest absolute Gasteiger partial charge is 0.275 e. The second kappa shape index (κ2) is 9.25. The fourth-order valence-electron chi connectivity index (χ4n) is 4.10. The number of rotatable bonds is 7. The maximum absolute atomic E-state index is 14.9. The van der Waals surface area contributed by atoms with Gasteiger partial charge in [-0.3, -0.25) is 14.1 Å². The molecule has 0 aliphatic carbocycles. The first-order valence-corrected chi connectivity index (χ1v) is 10.6. The van der Waals surface area contributed by atoms with Gasteiger partial charge in [-0.25, -0.2) is 13.8 Å². The van der Waals surface area contributed by atoms with Crippen LogP contribution < -0.4 is 15.4 Å². The van der Waals surface area contributed by atoms with Crippen molar-refractivity contribution in [2.75, 3.05) is 63.3 Å². The number of nitrogens with zero attached hydrogens (tertiary/aromatic N) is 5. The summed E-state index contributed by atoms with van der Waals surface area (Å²) in [4.78, 5) is 25.1. The summed E-state index contributed by atoms with van der Waals surface area (Å²) in [5.41, 5.74) is 0.862. The van der Waals surface area contributed by atoms with Crippen molar-refractivity contribution in [1.82, 2.24) is 19.3 Å². The van der Waals surface area contributed by atoms with Crippen LogP contribution in [0.15, 0.2) is 29.3 Å². The minimum absolute atomic E-state index is 0.00217. The summed E-state index contributed by atoms with van der Waals surface area (Å²) in [6.45, 7) is 5.42. The summed E-state index contributed by atoms with van der Waals surface area (Å²) >= 11 is 0. The minimum atomic E-state index is -0.558. The standard InChI is InChI=1S/C22H28F2N6O2/c1-15-25-12-19-22(31)26-20(14-30(15)19)28-4-6-29(7-5-28)21-17(23)10-16(11-18(21)24)13-27(2)8-9-32-3/h10-12,14H,4-9,13H2,1-3H3,(H,26,31). The van der Waals surface area contributed by atoms with E-state index in [9.17, 15) is 13.6 Å². The number of aryl methyl sites for hydroxylation is 1. The molecule has 0 bridgehead atoms. The molecule has 4 rings (SSSR count). The molecule has 1 aromatic carbocycles. The van der Waals surface area contributed by atoms with Crippen LogP contribution in [0.25, 0.3) is 5.52 Å². The Balaban J connectivity index is 1.46. The summed E-state index contributed by atoms with van der Waals surface area (Å²) in [6, 6.07) is 2.81. The van der Waals surface area contributed by atoms with Crippen LogP contribution >= 0.6 is 0 Å². The Hall–Kier alpha value is -2.98. The summed E-state index contributed by atoms with van der Waals surface area (Å²) in [7, 11) is 3.51. The zero-order valence-corrected chi connectivity index (χ0v) is 18.6. The van der Waals surface area contributed by atoms with Gasteiger partial charge in [0, 0.05) is 46.4 Å². The number of aromatic nitrogens is 3. The van der Waals surface area contributed by atoms with Gasteiger partial charge in [-0.1, -0.05) is 0 Å². The van der Waals surface area contributed by atoms with Crippen molar-refractivity contribution in [3.63, 3.8) is 0 Å². The van der Waals surface area contributed by atoms with Crippen LogP contribution in [0.2, 0.25) is 0 Å². The summed E-state index contributed by atoms with van der Waals surface area (Å²) < 4.78 is 36.5. The summed E-state index contributed by atoms with van der Waals surface area (Å²) in [5.74, 6) is 0.275. The maximum atomic E-state index is 14.9. The fourth-order valence-corrected chi connectivity index (χ4v) is 4.10. The second-order valence-electron chi connectivity index (χ2n) is 8.14. The molecule has 1 fully saturated rings. The van der Waals surface area contributed by atoms with Gasteiger partial charge >= 0.3 is 0 Å². The van der Waals surface area contributed by atoms with E-state index < -0.39 is 11.6 Å². The predicted molar refractivity (Wildman–Crippen MR) is 120 cm³/mol. The van der Waals surface area contributed by atoms with Crippen molar-refractivity contribution >= 4 is 17.0 Å². The van der Waals surface area contributed by atoms with E-state index in [1.165, 1.54) is 12.1 Å². The Morgan fingerprint density at radius 1 is 1.16 bits per heavy atom. The number of piperazine rings is 1. The van der Waals surface area contributed by atoms with E-state index in [1.54, 1.807) is 22.6 Å². The summed E-state index contributed by atoms with van der Waals surface area (Å²) in [5, 5.41) is 0. The van der Waals surface area contributed by atoms with Crippen molar-refractivity contribution in [3.05, 3.63) is 57.9 Å². The molecule has 0 radical (unpaired) electrons. The first kappa shape index (κ1) is 22.2. The molecule has 3 heterocycles. The van der Waals surface area contributed by atoms with Gasteiger partial charge < -0.3 is 19.5 Å². The molecule has 0 amide bonds. The number of nitrogens with one attached hydrogen (secondary N) is 1. The molecule has 0 unspecified atom stereocenters. The lowest BCUT2D eigenvalue weighted by Crippen LogP contribution is -2.47. The van der Waals surface area contributed by atoms with Crippen LogP contribution in [0, 0.1) is 18.6 Å². The van der Waals surface area contributed by atoms with E-state index in [-0.39, 0.29) is 11.2 Å². The van der Waals surface area contributed by atoms with Crippen LogP contribution in [0.3, 0.4) is 0 Å². The molecule has 10 heteroatoms. The van der Waals surface area contributed by atoms with Gasteiger partial charge in [-0.05, 0) is 31.7 Å². The van der Waals surface area contributed by atoms with E-state index in [1.807, 2.05) is 30.0 Å². The van der Waals surface area contributed by atoms with Crippen molar-refractivity contribution in [3.8, 4) is 0 Å². The number of ether oxygens (including phenoxy) is 1. The maximum Gasteiger partial charge on any atom is 0.275 e. The van der Waals surface area contributed by atoms with E-state index in [0.29, 0.717) is 62.8 Å². The number of imidazole rings is 1. The average molecular weight is 447 g/mol. The molecule has 172 valence electrons. The Kier molecular flexibility index (Phi) is 6.43. The fraction of sp³-hybridized carbons (Fsp3) is 0.455. The molecule has 0 atom stereocenters. The molecule has 1 N–H and O–H groups in total. The van der Waals surface area contributed by atoms with E-state index in [4.69, 9.17) is 4.74 Å². The molecule has 32 heavy (non-hydrogen) atoms. The highest BCUT2D eigenvalue weighted by Crippen LogP contribution is 2.27. The van der Waals surface area contributed by atoms with Gasteiger partial charge in [0.05, 0.1) is 19.0 Å². The van der Waals surface area contributed by atoms with Crippen LogP contribution in [0.4, 0.5) is 20.3 Å². The largest absolute Gasteiger partial charge is 0.383 e. The molecule has 3 aromatic rings. The molecule has 0 saturated carbocycles. The number of aromatic amines is 1. The first-order valence-electron chi connectivity index (χ1n) is 10.6. The topological polar surface area (TPSA) is 69.1 Å². The highest BCUT2D eigenvalue weighted by atomic mass is 19.1. The molecule has 2 aromatic heterocycles. The van der Waals surface area contributed by atoms with E-state index in [2.05, 4.69) is 9.97 Å². The van der Waals surface area contributed by atoms with Crippen molar-refractivity contribution in [2.45, 2.75) is 13.5 Å². The third-order valence-electron chi connectivity index (χ3n) is 5.85. The number of methoxy groups -OCH3 is 1. The Bertz CT molecular complexity index is 1130. The van der Waals surface area contributed by atoms with Crippen LogP contribution in [0.5, 0.6) is 0 Å². The van der Waals surface area contributed by atoms with Gasteiger partial charge in [-0.15, -0.1) is 0 Å². The molecule has 8 nitrogen and oxygen atoms in total. The quantitative estimate of drug-likeness (QED) is 0.599. The molecule has 0 spiro atoms. The normalized spacial score (nSPS) is 14.7. The van der Waals surface area contributed by atoms with Gasteiger partial charge in [0.25, 0.3) is 5.56 Å². The average Bonchev–Trinajstić information content (AvgIpc) is 3.13. The predicted octanol–water partition coefficient (Wildman–Crippen LogP) is 2.01. The lowest BCUT2D eigenvalue weighted by molar-refractivity contribution is 0.158. The van der Waals surface area contributed by atoms with Gasteiger partial charge in [0.1, 0.15) is 34.5 Å². The number of benzene rings is 1. The van der Waals surface area contributed by atoms with Crippen molar-refractivity contribution in [2.24, 2.45) is 0 Å². The van der Waals surface area contributed by atoms with E-state index in [0.717, 1.165) is 5.82 Å². The number of halogens is 2. The lowest BCUT2D eigenvalue weighted by atomic mass is 10.1. The highest BCUT2D eigenvalue weighted by molar-refractivity contribution is 5.54. The zero-order valence-electron chi connectivity index (χ0n) is 18.6. The number of H-pyrrole nitrogens is 1. The van der Waals surface area contributed by atoms with Gasteiger partial charge in [0.15, 0.2) is 0 Å². The summed E-state index contributed by atoms with van der Waals surface area (Å²) in [6.07, 6.45) is 3.38. The number of likely N-dealkylation sites (N-methyl/N-ethyl adjacent to an activating group) is 1. The van der Waals surface area contributed by atoms with Crippen molar-refractivity contribution in [1.29, 1.82) is 0 Å². The van der Waals surface area contributed by atoms with Crippen LogP contribution in [-0.4, -0.2) is 72.8 Å². The SMILES string of the molecule is COCCN(C)Cc1cc(F)c(N2CCN(c3cn4c(C)ncc4c(=O)[nH]3)CC2)c(F)c1. The molecule has 1 saturated heterocycles. The first-order chi connectivity index (χ1) is 15.4. The molecule has 1 aliphatic rings. The molecular formula is C22H28F2N6O2.